The summed E-state index contributed by atoms with van der Waals surface area (Å²) >= 11 is 6.54. The highest BCUT2D eigenvalue weighted by Crippen LogP contribution is 2.30. The number of rotatable bonds is 5. The number of aryl methyl sites for hydroxylation is 1. The molecule has 0 bridgehead atoms. The molecule has 1 aromatic rings. The summed E-state index contributed by atoms with van der Waals surface area (Å²) in [4.78, 5) is 0. The highest BCUT2D eigenvalue weighted by Gasteiger charge is 2.13. The molecule has 0 saturated heterocycles. The second kappa shape index (κ2) is 6.44. The summed E-state index contributed by atoms with van der Waals surface area (Å²) in [6.45, 7) is 11.2. The Morgan fingerprint density at radius 2 is 1.76 bits per heavy atom. The molecule has 0 N–H and O–H groups in total. The van der Waals surface area contributed by atoms with Crippen molar-refractivity contribution in [1.82, 2.24) is 0 Å². The maximum Gasteiger partial charge on any atom is 0.0472 e. The fourth-order valence-corrected chi connectivity index (χ4v) is 2.80. The Hall–Kier alpha value is -0.490. The van der Waals surface area contributed by atoms with Gasteiger partial charge in [0.25, 0.3) is 0 Å². The second-order valence-corrected chi connectivity index (χ2v) is 5.41. The van der Waals surface area contributed by atoms with Crippen LogP contribution < -0.4 is 0 Å². The lowest BCUT2D eigenvalue weighted by Gasteiger charge is -2.17. The van der Waals surface area contributed by atoms with Gasteiger partial charge in [0.05, 0.1) is 0 Å². The molecule has 17 heavy (non-hydrogen) atoms. The van der Waals surface area contributed by atoms with Crippen molar-refractivity contribution in [2.45, 2.75) is 60.3 Å². The molecule has 96 valence electrons. The largest absolute Gasteiger partial charge is 0.0837 e. The van der Waals surface area contributed by atoms with Crippen molar-refractivity contribution in [1.29, 1.82) is 0 Å². The van der Waals surface area contributed by atoms with Crippen LogP contribution in [-0.4, -0.2) is 0 Å². The van der Waals surface area contributed by atoms with Gasteiger partial charge in [-0.1, -0.05) is 51.8 Å². The zero-order valence-corrected chi connectivity index (χ0v) is 12.6. The molecule has 1 heteroatoms. The predicted molar refractivity (Wildman–Crippen MR) is 78.1 cm³/mol. The van der Waals surface area contributed by atoms with Gasteiger partial charge in [0, 0.05) is 5.02 Å². The molecular formula is C16H25Cl. The molecule has 0 aliphatic rings. The normalized spacial score (nSPS) is 12.8. The quantitative estimate of drug-likeness (QED) is 0.662. The summed E-state index contributed by atoms with van der Waals surface area (Å²) in [5.41, 5.74) is 5.56. The van der Waals surface area contributed by atoms with E-state index >= 15 is 0 Å². The van der Waals surface area contributed by atoms with Crippen LogP contribution in [0, 0.1) is 12.8 Å². The van der Waals surface area contributed by atoms with E-state index in [1.54, 1.807) is 0 Å². The van der Waals surface area contributed by atoms with Crippen molar-refractivity contribution >= 4 is 11.6 Å². The summed E-state index contributed by atoms with van der Waals surface area (Å²) in [7, 11) is 0. The van der Waals surface area contributed by atoms with Gasteiger partial charge in [-0.25, -0.2) is 0 Å². The van der Waals surface area contributed by atoms with Gasteiger partial charge in [0.1, 0.15) is 0 Å². The lowest BCUT2D eigenvalue weighted by atomic mass is 9.91. The van der Waals surface area contributed by atoms with Gasteiger partial charge < -0.3 is 0 Å². The summed E-state index contributed by atoms with van der Waals surface area (Å²) < 4.78 is 0. The summed E-state index contributed by atoms with van der Waals surface area (Å²) in [5, 5.41) is 1.02. The number of hydrogen-bond acceptors (Lipinski definition) is 0. The van der Waals surface area contributed by atoms with E-state index in [-0.39, 0.29) is 0 Å². The van der Waals surface area contributed by atoms with E-state index in [9.17, 15) is 0 Å². The minimum atomic E-state index is 0.713. The SMILES string of the molecule is CCc1cc(CC(C)CC)c(Cl)c(CC)c1C. The molecule has 0 fully saturated rings. The van der Waals surface area contributed by atoms with E-state index in [1.165, 1.54) is 28.7 Å². The molecule has 1 atom stereocenters. The standard InChI is InChI=1S/C16H25Cl/c1-6-11(4)9-14-10-13(7-2)12(5)15(8-3)16(14)17/h10-11H,6-9H2,1-5H3. The van der Waals surface area contributed by atoms with Crippen LogP contribution in [0.1, 0.15) is 56.4 Å². The van der Waals surface area contributed by atoms with E-state index < -0.39 is 0 Å². The molecule has 0 radical (unpaired) electrons. The average molecular weight is 253 g/mol. The van der Waals surface area contributed by atoms with Crippen LogP contribution in [0.4, 0.5) is 0 Å². The first-order chi connectivity index (χ1) is 8.04. The molecule has 0 nitrogen and oxygen atoms in total. The first-order valence-electron chi connectivity index (χ1n) is 6.84. The second-order valence-electron chi connectivity index (χ2n) is 5.04. The van der Waals surface area contributed by atoms with Gasteiger partial charge in [-0.3, -0.25) is 0 Å². The van der Waals surface area contributed by atoms with E-state index in [4.69, 9.17) is 11.6 Å². The van der Waals surface area contributed by atoms with E-state index in [0.717, 1.165) is 24.3 Å². The Labute approximate surface area is 111 Å². The highest BCUT2D eigenvalue weighted by atomic mass is 35.5. The van der Waals surface area contributed by atoms with Gasteiger partial charge >= 0.3 is 0 Å². The van der Waals surface area contributed by atoms with Crippen LogP contribution in [-0.2, 0) is 19.3 Å². The van der Waals surface area contributed by atoms with Crippen LogP contribution >= 0.6 is 11.6 Å². The Morgan fingerprint density at radius 3 is 2.24 bits per heavy atom. The molecule has 1 unspecified atom stereocenters. The zero-order chi connectivity index (χ0) is 13.0. The maximum atomic E-state index is 6.54. The van der Waals surface area contributed by atoms with E-state index in [2.05, 4.69) is 40.7 Å². The third kappa shape index (κ3) is 3.25. The van der Waals surface area contributed by atoms with Crippen molar-refractivity contribution in [3.63, 3.8) is 0 Å². The van der Waals surface area contributed by atoms with Crippen molar-refractivity contribution < 1.29 is 0 Å². The smallest absolute Gasteiger partial charge is 0.0472 e. The molecule has 1 rings (SSSR count). The number of benzene rings is 1. The predicted octanol–water partition coefficient (Wildman–Crippen LogP) is 5.36. The van der Waals surface area contributed by atoms with Crippen molar-refractivity contribution in [3.05, 3.63) is 33.3 Å². The fraction of sp³-hybridized carbons (Fsp3) is 0.625. The maximum absolute atomic E-state index is 6.54. The van der Waals surface area contributed by atoms with Gasteiger partial charge in [0.2, 0.25) is 0 Å². The average Bonchev–Trinajstić information content (AvgIpc) is 2.33. The lowest BCUT2D eigenvalue weighted by Crippen LogP contribution is -2.04. The molecule has 0 heterocycles. The Balaban J connectivity index is 3.21. The third-order valence-corrected chi connectivity index (χ3v) is 4.30. The first-order valence-corrected chi connectivity index (χ1v) is 7.22. The molecule has 1 aromatic carbocycles. The minimum Gasteiger partial charge on any atom is -0.0837 e. The van der Waals surface area contributed by atoms with Gasteiger partial charge in [-0.15, -0.1) is 0 Å². The number of halogens is 1. The molecule has 0 aromatic heterocycles. The van der Waals surface area contributed by atoms with Gasteiger partial charge in [0.15, 0.2) is 0 Å². The topological polar surface area (TPSA) is 0 Å². The van der Waals surface area contributed by atoms with Crippen LogP contribution in [0.15, 0.2) is 6.07 Å². The van der Waals surface area contributed by atoms with Crippen LogP contribution in [0.5, 0.6) is 0 Å². The van der Waals surface area contributed by atoms with Crippen LogP contribution in [0.25, 0.3) is 0 Å². The Bertz CT molecular complexity index is 380. The Morgan fingerprint density at radius 1 is 1.12 bits per heavy atom. The van der Waals surface area contributed by atoms with E-state index in [0.29, 0.717) is 5.92 Å². The molecule has 0 aliphatic carbocycles. The lowest BCUT2D eigenvalue weighted by molar-refractivity contribution is 0.559. The molecule has 0 saturated carbocycles. The van der Waals surface area contributed by atoms with E-state index in [1.807, 2.05) is 0 Å². The molecular weight excluding hydrogens is 228 g/mol. The monoisotopic (exact) mass is 252 g/mol. The summed E-state index contributed by atoms with van der Waals surface area (Å²) in [6, 6.07) is 2.32. The van der Waals surface area contributed by atoms with Gasteiger partial charge in [-0.2, -0.15) is 0 Å². The minimum absolute atomic E-state index is 0.713. The third-order valence-electron chi connectivity index (χ3n) is 3.83. The first kappa shape index (κ1) is 14.6. The van der Waals surface area contributed by atoms with Gasteiger partial charge in [-0.05, 0) is 54.4 Å². The number of hydrogen-bond donors (Lipinski definition) is 0. The van der Waals surface area contributed by atoms with Crippen molar-refractivity contribution in [3.8, 4) is 0 Å². The molecule has 0 amide bonds. The zero-order valence-electron chi connectivity index (χ0n) is 11.9. The van der Waals surface area contributed by atoms with Crippen molar-refractivity contribution in [2.75, 3.05) is 0 Å². The summed E-state index contributed by atoms with van der Waals surface area (Å²) in [5.74, 6) is 0.713. The van der Waals surface area contributed by atoms with Crippen molar-refractivity contribution in [2.24, 2.45) is 5.92 Å². The van der Waals surface area contributed by atoms with Crippen LogP contribution in [0.2, 0.25) is 5.02 Å². The summed E-state index contributed by atoms with van der Waals surface area (Å²) in [6.07, 6.45) is 4.46. The Kier molecular flexibility index (Phi) is 5.52. The highest BCUT2D eigenvalue weighted by molar-refractivity contribution is 6.32. The fourth-order valence-electron chi connectivity index (χ4n) is 2.39. The molecule has 0 spiro atoms. The van der Waals surface area contributed by atoms with Crippen LogP contribution in [0.3, 0.4) is 0 Å². The molecule has 0 aliphatic heterocycles.